The number of piperazine rings is 1. The predicted molar refractivity (Wildman–Crippen MR) is 59.0 cm³/mol. The van der Waals surface area contributed by atoms with E-state index in [0.717, 1.165) is 25.9 Å². The predicted octanol–water partition coefficient (Wildman–Crippen LogP) is -0.947. The molecule has 2 aliphatic rings. The van der Waals surface area contributed by atoms with Crippen LogP contribution in [0.2, 0.25) is 0 Å². The molecule has 1 unspecified atom stereocenters. The fourth-order valence-corrected chi connectivity index (χ4v) is 4.10. The van der Waals surface area contributed by atoms with Crippen LogP contribution in [0.15, 0.2) is 0 Å². The first-order valence-electron chi connectivity index (χ1n) is 5.45. The van der Waals surface area contributed by atoms with E-state index in [-0.39, 0.29) is 11.3 Å². The molecule has 6 heteroatoms. The minimum absolute atomic E-state index is 0.0330. The maximum Gasteiger partial charge on any atom is 0.217 e. The van der Waals surface area contributed by atoms with Crippen molar-refractivity contribution in [2.45, 2.75) is 24.1 Å². The van der Waals surface area contributed by atoms with E-state index in [1.54, 1.807) is 4.31 Å². The van der Waals surface area contributed by atoms with Crippen LogP contribution in [0.3, 0.4) is 0 Å². The van der Waals surface area contributed by atoms with Crippen molar-refractivity contribution in [1.29, 1.82) is 0 Å². The van der Waals surface area contributed by atoms with Gasteiger partial charge in [0, 0.05) is 32.2 Å². The van der Waals surface area contributed by atoms with Gasteiger partial charge in [-0.15, -0.1) is 0 Å². The molecule has 0 spiro atoms. The molecule has 2 N–H and O–H groups in total. The third-order valence-electron chi connectivity index (χ3n) is 3.18. The highest BCUT2D eigenvalue weighted by atomic mass is 32.2. The van der Waals surface area contributed by atoms with Gasteiger partial charge in [-0.2, -0.15) is 4.31 Å². The number of hydrogen-bond acceptors (Lipinski definition) is 4. The average molecular weight is 233 g/mol. The zero-order chi connectivity index (χ0) is 11.1. The molecule has 1 aliphatic carbocycles. The Kier molecular flexibility index (Phi) is 3.03. The van der Waals surface area contributed by atoms with Crippen LogP contribution in [0.4, 0.5) is 0 Å². The van der Waals surface area contributed by atoms with Crippen molar-refractivity contribution in [2.24, 2.45) is 5.73 Å². The van der Waals surface area contributed by atoms with E-state index >= 15 is 0 Å². The lowest BCUT2D eigenvalue weighted by Crippen LogP contribution is -2.57. The molecule has 1 saturated carbocycles. The van der Waals surface area contributed by atoms with Gasteiger partial charge in [0.2, 0.25) is 10.0 Å². The van der Waals surface area contributed by atoms with E-state index in [1.165, 1.54) is 0 Å². The van der Waals surface area contributed by atoms with Crippen LogP contribution in [-0.2, 0) is 10.0 Å². The van der Waals surface area contributed by atoms with Crippen molar-refractivity contribution < 1.29 is 8.42 Å². The zero-order valence-corrected chi connectivity index (χ0v) is 9.91. The second-order valence-electron chi connectivity index (χ2n) is 4.51. The standard InChI is InChI=1S/C9H19N3O2S/c1-11-4-5-12(8(6-10)7-11)15(13,14)9-2-3-9/h8-9H,2-7,10H2,1H3. The van der Waals surface area contributed by atoms with Crippen molar-refractivity contribution in [3.63, 3.8) is 0 Å². The molecule has 0 radical (unpaired) electrons. The van der Waals surface area contributed by atoms with E-state index in [4.69, 9.17) is 5.73 Å². The van der Waals surface area contributed by atoms with E-state index < -0.39 is 10.0 Å². The van der Waals surface area contributed by atoms with Gasteiger partial charge in [0.25, 0.3) is 0 Å². The summed E-state index contributed by atoms with van der Waals surface area (Å²) >= 11 is 0. The fourth-order valence-electron chi connectivity index (χ4n) is 2.08. The van der Waals surface area contributed by atoms with Crippen LogP contribution >= 0.6 is 0 Å². The first kappa shape index (κ1) is 11.3. The summed E-state index contributed by atoms with van der Waals surface area (Å²) < 4.78 is 25.8. The molecule has 1 aliphatic heterocycles. The first-order valence-corrected chi connectivity index (χ1v) is 6.95. The summed E-state index contributed by atoms with van der Waals surface area (Å²) in [6.45, 7) is 2.57. The van der Waals surface area contributed by atoms with E-state index in [1.807, 2.05) is 7.05 Å². The highest BCUT2D eigenvalue weighted by Gasteiger charge is 2.43. The molecule has 0 aromatic rings. The minimum Gasteiger partial charge on any atom is -0.329 e. The van der Waals surface area contributed by atoms with Crippen molar-refractivity contribution in [3.05, 3.63) is 0 Å². The van der Waals surface area contributed by atoms with Gasteiger partial charge in [0.05, 0.1) is 5.25 Å². The third kappa shape index (κ3) is 2.18. The Labute approximate surface area is 91.3 Å². The summed E-state index contributed by atoms with van der Waals surface area (Å²) in [5.41, 5.74) is 5.64. The number of nitrogens with two attached hydrogens (primary N) is 1. The summed E-state index contributed by atoms with van der Waals surface area (Å²) in [4.78, 5) is 2.14. The quantitative estimate of drug-likeness (QED) is 0.683. The Morgan fingerprint density at radius 2 is 2.00 bits per heavy atom. The molecule has 5 nitrogen and oxygen atoms in total. The largest absolute Gasteiger partial charge is 0.329 e. The van der Waals surface area contributed by atoms with Gasteiger partial charge in [0.1, 0.15) is 0 Å². The Balaban J connectivity index is 2.13. The molecular formula is C9H19N3O2S. The Hall–Kier alpha value is -0.170. The van der Waals surface area contributed by atoms with Gasteiger partial charge < -0.3 is 10.6 Å². The lowest BCUT2D eigenvalue weighted by atomic mass is 10.2. The van der Waals surface area contributed by atoms with E-state index in [0.29, 0.717) is 13.1 Å². The molecule has 0 aromatic heterocycles. The maximum absolute atomic E-state index is 12.1. The van der Waals surface area contributed by atoms with Crippen molar-refractivity contribution in [1.82, 2.24) is 9.21 Å². The van der Waals surface area contributed by atoms with Crippen molar-refractivity contribution in [3.8, 4) is 0 Å². The number of nitrogens with zero attached hydrogens (tertiary/aromatic N) is 2. The fraction of sp³-hybridized carbons (Fsp3) is 1.00. The first-order chi connectivity index (χ1) is 7.05. The number of sulfonamides is 1. The topological polar surface area (TPSA) is 66.6 Å². The van der Waals surface area contributed by atoms with Crippen LogP contribution < -0.4 is 5.73 Å². The molecule has 1 saturated heterocycles. The van der Waals surface area contributed by atoms with E-state index in [2.05, 4.69) is 4.90 Å². The van der Waals surface area contributed by atoms with Gasteiger partial charge in [-0.3, -0.25) is 0 Å². The maximum atomic E-state index is 12.1. The van der Waals surface area contributed by atoms with Gasteiger partial charge >= 0.3 is 0 Å². The molecule has 0 bridgehead atoms. The second-order valence-corrected chi connectivity index (χ2v) is 6.67. The lowest BCUT2D eigenvalue weighted by molar-refractivity contribution is 0.164. The molecule has 0 amide bonds. The average Bonchev–Trinajstić information content (AvgIpc) is 3.00. The molecule has 2 rings (SSSR count). The van der Waals surface area contributed by atoms with Crippen LogP contribution in [0.1, 0.15) is 12.8 Å². The SMILES string of the molecule is CN1CCN(S(=O)(=O)C2CC2)C(CN)C1. The van der Waals surface area contributed by atoms with Gasteiger partial charge in [0.15, 0.2) is 0 Å². The van der Waals surface area contributed by atoms with Crippen LogP contribution in [0, 0.1) is 0 Å². The highest BCUT2D eigenvalue weighted by Crippen LogP contribution is 2.32. The van der Waals surface area contributed by atoms with Gasteiger partial charge in [-0.05, 0) is 19.9 Å². The molecule has 15 heavy (non-hydrogen) atoms. The number of hydrogen-bond donors (Lipinski definition) is 1. The highest BCUT2D eigenvalue weighted by molar-refractivity contribution is 7.90. The molecular weight excluding hydrogens is 214 g/mol. The summed E-state index contributed by atoms with van der Waals surface area (Å²) in [5, 5.41) is -0.116. The summed E-state index contributed by atoms with van der Waals surface area (Å²) in [5.74, 6) is 0. The smallest absolute Gasteiger partial charge is 0.217 e. The second kappa shape index (κ2) is 4.01. The summed E-state index contributed by atoms with van der Waals surface area (Å²) in [6.07, 6.45) is 1.65. The van der Waals surface area contributed by atoms with Crippen LogP contribution in [0.25, 0.3) is 0 Å². The van der Waals surface area contributed by atoms with Gasteiger partial charge in [-0.1, -0.05) is 0 Å². The Morgan fingerprint density at radius 1 is 1.33 bits per heavy atom. The molecule has 1 atom stereocenters. The molecule has 2 fully saturated rings. The minimum atomic E-state index is -3.05. The monoisotopic (exact) mass is 233 g/mol. The van der Waals surface area contributed by atoms with Gasteiger partial charge in [-0.25, -0.2) is 8.42 Å². The Morgan fingerprint density at radius 3 is 2.53 bits per heavy atom. The lowest BCUT2D eigenvalue weighted by Gasteiger charge is -2.38. The number of rotatable bonds is 3. The zero-order valence-electron chi connectivity index (χ0n) is 9.09. The summed E-state index contributed by atoms with van der Waals surface area (Å²) in [6, 6.07) is -0.0330. The third-order valence-corrected chi connectivity index (χ3v) is 5.62. The number of likely N-dealkylation sites (N-methyl/N-ethyl adjacent to an activating group) is 1. The Bertz CT molecular complexity index is 326. The molecule has 1 heterocycles. The van der Waals surface area contributed by atoms with Crippen molar-refractivity contribution >= 4 is 10.0 Å². The van der Waals surface area contributed by atoms with Crippen LogP contribution in [-0.4, -0.2) is 62.1 Å². The van der Waals surface area contributed by atoms with E-state index in [9.17, 15) is 8.42 Å². The molecule has 88 valence electrons. The van der Waals surface area contributed by atoms with Crippen molar-refractivity contribution in [2.75, 3.05) is 33.2 Å². The normalized spacial score (nSPS) is 30.7. The molecule has 0 aromatic carbocycles. The van der Waals surface area contributed by atoms with Crippen LogP contribution in [0.5, 0.6) is 0 Å². The summed E-state index contributed by atoms with van der Waals surface area (Å²) in [7, 11) is -1.04.